The molecule has 2 aromatic rings. The summed E-state index contributed by atoms with van der Waals surface area (Å²) in [4.78, 5) is 31.9. The fourth-order valence-electron chi connectivity index (χ4n) is 3.27. The summed E-state index contributed by atoms with van der Waals surface area (Å²) in [6, 6.07) is 8.60. The van der Waals surface area contributed by atoms with Gasteiger partial charge in [-0.3, -0.25) is 14.5 Å². The van der Waals surface area contributed by atoms with Crippen molar-refractivity contribution in [3.63, 3.8) is 0 Å². The highest BCUT2D eigenvalue weighted by molar-refractivity contribution is 7.16. The molecule has 1 aromatic heterocycles. The van der Waals surface area contributed by atoms with Gasteiger partial charge in [0, 0.05) is 42.3 Å². The van der Waals surface area contributed by atoms with Gasteiger partial charge in [-0.1, -0.05) is 12.1 Å². The van der Waals surface area contributed by atoms with E-state index in [1.165, 1.54) is 11.3 Å². The number of thiazole rings is 1. The monoisotopic (exact) mass is 414 g/mol. The Kier molecular flexibility index (Phi) is 7.03. The molecule has 0 saturated heterocycles. The van der Waals surface area contributed by atoms with E-state index in [2.05, 4.69) is 48.2 Å². The summed E-state index contributed by atoms with van der Waals surface area (Å²) < 4.78 is 0. The topological polar surface area (TPSA) is 74.3 Å². The van der Waals surface area contributed by atoms with E-state index in [-0.39, 0.29) is 11.8 Å². The maximum atomic E-state index is 12.5. The van der Waals surface area contributed by atoms with E-state index in [9.17, 15) is 9.59 Å². The van der Waals surface area contributed by atoms with Gasteiger partial charge in [-0.25, -0.2) is 4.98 Å². The average Bonchev–Trinajstić information content (AvgIpc) is 3.36. The number of aromatic nitrogens is 1. The minimum atomic E-state index is -0.0957. The van der Waals surface area contributed by atoms with Crippen LogP contribution in [0.25, 0.3) is 10.6 Å². The first-order valence-corrected chi connectivity index (χ1v) is 11.1. The highest BCUT2D eigenvalue weighted by Gasteiger charge is 2.23. The third-order valence-electron chi connectivity index (χ3n) is 5.02. The Morgan fingerprint density at radius 2 is 1.76 bits per heavy atom. The van der Waals surface area contributed by atoms with E-state index in [1.54, 1.807) is 18.3 Å². The van der Waals surface area contributed by atoms with E-state index in [4.69, 9.17) is 0 Å². The van der Waals surface area contributed by atoms with Gasteiger partial charge >= 0.3 is 0 Å². The van der Waals surface area contributed by atoms with E-state index in [1.807, 2.05) is 12.1 Å². The third-order valence-corrected chi connectivity index (χ3v) is 6.06. The molecule has 0 radical (unpaired) electrons. The highest BCUT2D eigenvalue weighted by atomic mass is 32.1. The number of amides is 2. The first kappa shape index (κ1) is 21.5. The maximum Gasteiger partial charge on any atom is 0.263 e. The van der Waals surface area contributed by atoms with Crippen molar-refractivity contribution in [3.8, 4) is 10.6 Å². The third kappa shape index (κ3) is 5.87. The molecule has 2 amide bonds. The largest absolute Gasteiger partial charge is 0.350 e. The Balaban J connectivity index is 1.55. The van der Waals surface area contributed by atoms with Crippen LogP contribution >= 0.6 is 11.3 Å². The summed E-state index contributed by atoms with van der Waals surface area (Å²) in [6.07, 6.45) is 3.76. The summed E-state index contributed by atoms with van der Waals surface area (Å²) in [5.74, 6) is -0.128. The van der Waals surface area contributed by atoms with E-state index < -0.39 is 0 Å². The van der Waals surface area contributed by atoms with Gasteiger partial charge < -0.3 is 10.6 Å². The van der Waals surface area contributed by atoms with Crippen molar-refractivity contribution in [1.29, 1.82) is 0 Å². The summed E-state index contributed by atoms with van der Waals surface area (Å²) in [6.45, 7) is 10.1. The molecule has 29 heavy (non-hydrogen) atoms. The van der Waals surface area contributed by atoms with Crippen LogP contribution in [-0.4, -0.2) is 52.9 Å². The standard InChI is InChI=1S/C22H30N4O2S/c1-14(2)26(15(3)4)12-11-23-21(28)19-13-24-22(29-19)17-7-5-16(6-8-17)20(27)25-18-9-10-18/h5-8,13-15,18H,9-12H2,1-4H3,(H,23,28)(H,25,27). The second-order valence-corrected chi connectivity index (χ2v) is 9.07. The van der Waals surface area contributed by atoms with E-state index in [0.717, 1.165) is 30.0 Å². The summed E-state index contributed by atoms with van der Waals surface area (Å²) in [5.41, 5.74) is 1.55. The van der Waals surface area contributed by atoms with Crippen molar-refractivity contribution < 1.29 is 9.59 Å². The Morgan fingerprint density at radius 1 is 1.10 bits per heavy atom. The van der Waals surface area contributed by atoms with Crippen LogP contribution in [0.15, 0.2) is 30.5 Å². The zero-order valence-corrected chi connectivity index (χ0v) is 18.4. The molecule has 1 saturated carbocycles. The summed E-state index contributed by atoms with van der Waals surface area (Å²) in [5, 5.41) is 6.74. The van der Waals surface area contributed by atoms with Gasteiger partial charge in [0.05, 0.1) is 6.20 Å². The van der Waals surface area contributed by atoms with Crippen LogP contribution in [-0.2, 0) is 0 Å². The van der Waals surface area contributed by atoms with Crippen molar-refractivity contribution in [2.75, 3.05) is 13.1 Å². The zero-order valence-electron chi connectivity index (χ0n) is 17.6. The van der Waals surface area contributed by atoms with E-state index in [0.29, 0.717) is 35.1 Å². The molecule has 0 aliphatic heterocycles. The van der Waals surface area contributed by atoms with Crippen LogP contribution in [0.5, 0.6) is 0 Å². The fourth-order valence-corrected chi connectivity index (χ4v) is 4.11. The van der Waals surface area contributed by atoms with Crippen molar-refractivity contribution in [1.82, 2.24) is 20.5 Å². The molecule has 1 aliphatic carbocycles. The van der Waals surface area contributed by atoms with Gasteiger partial charge in [0.15, 0.2) is 0 Å². The molecule has 1 aromatic carbocycles. The number of carbonyl (C=O) groups excluding carboxylic acids is 2. The van der Waals surface area contributed by atoms with Crippen LogP contribution < -0.4 is 10.6 Å². The molecule has 6 nitrogen and oxygen atoms in total. The average molecular weight is 415 g/mol. The first-order valence-electron chi connectivity index (χ1n) is 10.3. The molecule has 0 atom stereocenters. The lowest BCUT2D eigenvalue weighted by Gasteiger charge is -2.30. The predicted molar refractivity (Wildman–Crippen MR) is 117 cm³/mol. The van der Waals surface area contributed by atoms with Gasteiger partial charge in [-0.15, -0.1) is 11.3 Å². The van der Waals surface area contributed by atoms with Crippen molar-refractivity contribution in [2.45, 2.75) is 58.7 Å². The lowest BCUT2D eigenvalue weighted by atomic mass is 10.1. The first-order chi connectivity index (χ1) is 13.8. The molecule has 7 heteroatoms. The van der Waals surface area contributed by atoms with Crippen molar-refractivity contribution in [2.24, 2.45) is 0 Å². The number of rotatable bonds is 9. The SMILES string of the molecule is CC(C)N(CCNC(=O)c1cnc(-c2ccc(C(=O)NC3CC3)cc2)s1)C(C)C. The molecular formula is C22H30N4O2S. The van der Waals surface area contributed by atoms with Crippen molar-refractivity contribution >= 4 is 23.2 Å². The van der Waals surface area contributed by atoms with Crippen molar-refractivity contribution in [3.05, 3.63) is 40.9 Å². The predicted octanol–water partition coefficient (Wildman–Crippen LogP) is 3.55. The molecule has 2 N–H and O–H groups in total. The van der Waals surface area contributed by atoms with Gasteiger partial charge in [-0.2, -0.15) is 0 Å². The smallest absolute Gasteiger partial charge is 0.263 e. The molecule has 3 rings (SSSR count). The molecule has 1 aliphatic rings. The van der Waals surface area contributed by atoms with Crippen LogP contribution in [0, 0.1) is 0 Å². The zero-order chi connectivity index (χ0) is 21.0. The molecular weight excluding hydrogens is 384 g/mol. The second-order valence-electron chi connectivity index (χ2n) is 8.04. The Labute approximate surface area is 176 Å². The molecule has 0 spiro atoms. The highest BCUT2D eigenvalue weighted by Crippen LogP contribution is 2.26. The van der Waals surface area contributed by atoms with Crippen LogP contribution in [0.1, 0.15) is 60.6 Å². The molecule has 156 valence electrons. The molecule has 0 bridgehead atoms. The van der Waals surface area contributed by atoms with Crippen LogP contribution in [0.4, 0.5) is 0 Å². The lowest BCUT2D eigenvalue weighted by molar-refractivity contribution is 0.0938. The maximum absolute atomic E-state index is 12.5. The number of benzene rings is 1. The fraction of sp³-hybridized carbons (Fsp3) is 0.500. The van der Waals surface area contributed by atoms with E-state index >= 15 is 0 Å². The number of nitrogens with one attached hydrogen (secondary N) is 2. The molecule has 1 heterocycles. The lowest BCUT2D eigenvalue weighted by Crippen LogP contribution is -2.42. The normalized spacial score (nSPS) is 13.9. The number of nitrogens with zero attached hydrogens (tertiary/aromatic N) is 2. The Morgan fingerprint density at radius 3 is 2.34 bits per heavy atom. The number of hydrogen-bond acceptors (Lipinski definition) is 5. The number of carbonyl (C=O) groups is 2. The quantitative estimate of drug-likeness (QED) is 0.658. The minimum absolute atomic E-state index is 0.0323. The molecule has 0 unspecified atom stereocenters. The van der Waals surface area contributed by atoms with Gasteiger partial charge in [0.25, 0.3) is 11.8 Å². The second kappa shape index (κ2) is 9.50. The summed E-state index contributed by atoms with van der Waals surface area (Å²) >= 11 is 1.36. The Hall–Kier alpha value is -2.25. The van der Waals surface area contributed by atoms with Gasteiger partial charge in [0.2, 0.25) is 0 Å². The van der Waals surface area contributed by atoms with Crippen LogP contribution in [0.2, 0.25) is 0 Å². The Bertz CT molecular complexity index is 833. The summed E-state index contributed by atoms with van der Waals surface area (Å²) in [7, 11) is 0. The molecule has 1 fully saturated rings. The van der Waals surface area contributed by atoms with Gasteiger partial charge in [0.1, 0.15) is 9.88 Å². The van der Waals surface area contributed by atoms with Crippen LogP contribution in [0.3, 0.4) is 0 Å². The number of hydrogen-bond donors (Lipinski definition) is 2. The minimum Gasteiger partial charge on any atom is -0.350 e. The van der Waals surface area contributed by atoms with Gasteiger partial charge in [-0.05, 0) is 52.7 Å².